The van der Waals surface area contributed by atoms with Crippen molar-refractivity contribution in [2.45, 2.75) is 20.8 Å². The number of hydrogen-bond acceptors (Lipinski definition) is 3. The molecule has 1 heterocycles. The Balaban J connectivity index is 3.25. The lowest BCUT2D eigenvalue weighted by atomic mass is 10.2. The molecule has 0 unspecified atom stereocenters. The molecule has 0 bridgehead atoms. The highest BCUT2D eigenvalue weighted by Crippen LogP contribution is 2.11. The summed E-state index contributed by atoms with van der Waals surface area (Å²) < 4.78 is 0. The van der Waals surface area contributed by atoms with E-state index in [0.717, 1.165) is 17.0 Å². The first-order valence-electron chi connectivity index (χ1n) is 4.73. The maximum Gasteiger partial charge on any atom is 0.274 e. The average molecular weight is 205 g/mol. The predicted molar refractivity (Wildman–Crippen MR) is 63.6 cm³/mol. The summed E-state index contributed by atoms with van der Waals surface area (Å²) in [6, 6.07) is 1.83. The van der Waals surface area contributed by atoms with Gasteiger partial charge in [0.25, 0.3) is 5.56 Å². The van der Waals surface area contributed by atoms with E-state index in [1.54, 1.807) is 13.2 Å². The molecular weight excluding hydrogens is 190 g/mol. The lowest BCUT2D eigenvalue weighted by Crippen LogP contribution is -2.10. The minimum Gasteiger partial charge on any atom is -0.327 e. The molecule has 1 rings (SSSR count). The SMILES string of the molecule is CN=C(C)C(C)=Nc1c(C)cc[nH]c1=O. The fourth-order valence-corrected chi connectivity index (χ4v) is 1.12. The first kappa shape index (κ1) is 11.4. The summed E-state index contributed by atoms with van der Waals surface area (Å²) in [5, 5.41) is 0. The molecule has 1 N–H and O–H groups in total. The zero-order chi connectivity index (χ0) is 11.4. The van der Waals surface area contributed by atoms with Crippen LogP contribution in [0.3, 0.4) is 0 Å². The third-order valence-electron chi connectivity index (χ3n) is 2.27. The van der Waals surface area contributed by atoms with Crippen LogP contribution < -0.4 is 5.56 Å². The third kappa shape index (κ3) is 2.62. The Labute approximate surface area is 88.8 Å². The van der Waals surface area contributed by atoms with Crippen molar-refractivity contribution in [3.63, 3.8) is 0 Å². The number of aliphatic imine (C=N–C) groups is 2. The van der Waals surface area contributed by atoms with Crippen molar-refractivity contribution < 1.29 is 0 Å². The second-order valence-electron chi connectivity index (χ2n) is 3.34. The highest BCUT2D eigenvalue weighted by Gasteiger charge is 2.03. The maximum atomic E-state index is 11.5. The molecule has 1 aromatic heterocycles. The molecule has 0 spiro atoms. The van der Waals surface area contributed by atoms with Gasteiger partial charge in [-0.2, -0.15) is 0 Å². The number of pyridine rings is 1. The molecule has 0 aliphatic carbocycles. The molecule has 0 atom stereocenters. The summed E-state index contributed by atoms with van der Waals surface area (Å²) in [6.07, 6.45) is 1.62. The lowest BCUT2D eigenvalue weighted by Gasteiger charge is -2.01. The highest BCUT2D eigenvalue weighted by molar-refractivity contribution is 6.41. The summed E-state index contributed by atoms with van der Waals surface area (Å²) in [5.41, 5.74) is 2.74. The first-order chi connectivity index (χ1) is 7.06. The molecule has 0 amide bonds. The quantitative estimate of drug-likeness (QED) is 0.736. The van der Waals surface area contributed by atoms with Gasteiger partial charge in [0.1, 0.15) is 5.69 Å². The third-order valence-corrected chi connectivity index (χ3v) is 2.27. The van der Waals surface area contributed by atoms with E-state index in [2.05, 4.69) is 15.0 Å². The normalized spacial score (nSPS) is 13.1. The maximum absolute atomic E-state index is 11.5. The van der Waals surface area contributed by atoms with Crippen LogP contribution in [-0.2, 0) is 0 Å². The monoisotopic (exact) mass is 205 g/mol. The topological polar surface area (TPSA) is 57.6 Å². The van der Waals surface area contributed by atoms with Gasteiger partial charge in [-0.1, -0.05) is 0 Å². The summed E-state index contributed by atoms with van der Waals surface area (Å²) in [4.78, 5) is 22.4. The van der Waals surface area contributed by atoms with Crippen LogP contribution in [0.4, 0.5) is 5.69 Å². The van der Waals surface area contributed by atoms with E-state index in [-0.39, 0.29) is 5.56 Å². The number of nitrogens with zero attached hydrogens (tertiary/aromatic N) is 2. The summed E-state index contributed by atoms with van der Waals surface area (Å²) >= 11 is 0. The molecule has 0 aliphatic heterocycles. The predicted octanol–water partition coefficient (Wildman–Crippen LogP) is 1.87. The number of hydrogen-bond donors (Lipinski definition) is 1. The van der Waals surface area contributed by atoms with Crippen LogP contribution >= 0.6 is 0 Å². The molecule has 0 fully saturated rings. The molecule has 0 saturated heterocycles. The van der Waals surface area contributed by atoms with Crippen molar-refractivity contribution in [1.82, 2.24) is 4.98 Å². The molecule has 1 aromatic rings. The number of H-pyrrole nitrogens is 1. The van der Waals surface area contributed by atoms with Gasteiger partial charge in [0, 0.05) is 13.2 Å². The second-order valence-corrected chi connectivity index (χ2v) is 3.34. The second kappa shape index (κ2) is 4.68. The van der Waals surface area contributed by atoms with E-state index >= 15 is 0 Å². The Bertz CT molecular complexity index is 469. The molecular formula is C11H15N3O. The van der Waals surface area contributed by atoms with Crippen molar-refractivity contribution in [2.75, 3.05) is 7.05 Å². The number of aromatic nitrogens is 1. The van der Waals surface area contributed by atoms with Gasteiger partial charge in [-0.05, 0) is 32.4 Å². The Morgan fingerprint density at radius 1 is 1.33 bits per heavy atom. The van der Waals surface area contributed by atoms with Gasteiger partial charge in [0.05, 0.1) is 11.4 Å². The van der Waals surface area contributed by atoms with Gasteiger partial charge in [0.2, 0.25) is 0 Å². The van der Waals surface area contributed by atoms with Crippen molar-refractivity contribution in [3.8, 4) is 0 Å². The Hall–Kier alpha value is -1.71. The zero-order valence-corrected chi connectivity index (χ0v) is 9.46. The van der Waals surface area contributed by atoms with E-state index in [1.165, 1.54) is 0 Å². The fraction of sp³-hybridized carbons (Fsp3) is 0.364. The van der Waals surface area contributed by atoms with Crippen molar-refractivity contribution in [1.29, 1.82) is 0 Å². The first-order valence-corrected chi connectivity index (χ1v) is 4.73. The number of nitrogens with one attached hydrogen (secondary N) is 1. The van der Waals surface area contributed by atoms with Crippen molar-refractivity contribution in [3.05, 3.63) is 28.2 Å². The van der Waals surface area contributed by atoms with E-state index in [1.807, 2.05) is 26.8 Å². The van der Waals surface area contributed by atoms with Crippen LogP contribution in [0.15, 0.2) is 27.0 Å². The van der Waals surface area contributed by atoms with E-state index in [4.69, 9.17) is 0 Å². The van der Waals surface area contributed by atoms with E-state index in [0.29, 0.717) is 5.69 Å². The largest absolute Gasteiger partial charge is 0.327 e. The summed E-state index contributed by atoms with van der Waals surface area (Å²) in [6.45, 7) is 5.57. The van der Waals surface area contributed by atoms with Crippen molar-refractivity contribution >= 4 is 17.1 Å². The smallest absolute Gasteiger partial charge is 0.274 e. The van der Waals surface area contributed by atoms with Gasteiger partial charge < -0.3 is 4.98 Å². The Morgan fingerprint density at radius 3 is 2.53 bits per heavy atom. The molecule has 4 nitrogen and oxygen atoms in total. The van der Waals surface area contributed by atoms with Crippen LogP contribution in [0.25, 0.3) is 0 Å². The molecule has 0 saturated carbocycles. The average Bonchev–Trinajstić information content (AvgIpc) is 2.22. The molecule has 15 heavy (non-hydrogen) atoms. The van der Waals surface area contributed by atoms with Crippen LogP contribution in [0.2, 0.25) is 0 Å². The van der Waals surface area contributed by atoms with Gasteiger partial charge in [0.15, 0.2) is 0 Å². The van der Waals surface area contributed by atoms with Crippen molar-refractivity contribution in [2.24, 2.45) is 9.98 Å². The van der Waals surface area contributed by atoms with E-state index < -0.39 is 0 Å². The van der Waals surface area contributed by atoms with Crippen LogP contribution in [0, 0.1) is 6.92 Å². The van der Waals surface area contributed by atoms with Crippen LogP contribution in [0.5, 0.6) is 0 Å². The van der Waals surface area contributed by atoms with Gasteiger partial charge in [-0.15, -0.1) is 0 Å². The van der Waals surface area contributed by atoms with E-state index in [9.17, 15) is 4.79 Å². The number of aryl methyl sites for hydroxylation is 1. The Morgan fingerprint density at radius 2 is 2.00 bits per heavy atom. The number of rotatable bonds is 2. The van der Waals surface area contributed by atoms with Crippen LogP contribution in [0.1, 0.15) is 19.4 Å². The molecule has 80 valence electrons. The summed E-state index contributed by atoms with van der Waals surface area (Å²) in [5.74, 6) is 0. The zero-order valence-electron chi connectivity index (χ0n) is 9.46. The number of aromatic amines is 1. The Kier molecular flexibility index (Phi) is 3.55. The van der Waals surface area contributed by atoms with Gasteiger partial charge >= 0.3 is 0 Å². The molecule has 0 radical (unpaired) electrons. The lowest BCUT2D eigenvalue weighted by molar-refractivity contribution is 1.19. The molecule has 0 aliphatic rings. The summed E-state index contributed by atoms with van der Waals surface area (Å²) in [7, 11) is 1.70. The molecule has 4 heteroatoms. The minimum atomic E-state index is -0.168. The van der Waals surface area contributed by atoms with Crippen LogP contribution in [-0.4, -0.2) is 23.5 Å². The fourth-order valence-electron chi connectivity index (χ4n) is 1.12. The van der Waals surface area contributed by atoms with Gasteiger partial charge in [-0.25, -0.2) is 4.99 Å². The standard InChI is InChI=1S/C11H15N3O/c1-7-5-6-13-11(15)10(7)14-9(3)8(2)12-4/h5-6H,1-4H3,(H,13,15). The molecule has 0 aromatic carbocycles. The van der Waals surface area contributed by atoms with Gasteiger partial charge in [-0.3, -0.25) is 9.79 Å². The minimum absolute atomic E-state index is 0.168. The highest BCUT2D eigenvalue weighted by atomic mass is 16.1.